The van der Waals surface area contributed by atoms with E-state index in [1.807, 2.05) is 18.2 Å². The summed E-state index contributed by atoms with van der Waals surface area (Å²) in [4.78, 5) is 0. The Morgan fingerprint density at radius 2 is 1.52 bits per heavy atom. The van der Waals surface area contributed by atoms with Crippen LogP contribution in [0.4, 0.5) is 5.69 Å². The van der Waals surface area contributed by atoms with E-state index < -0.39 is 0 Å². The summed E-state index contributed by atoms with van der Waals surface area (Å²) in [6.45, 7) is 3.25. The summed E-state index contributed by atoms with van der Waals surface area (Å²) in [5.41, 5.74) is 1.01. The van der Waals surface area contributed by atoms with Crippen molar-refractivity contribution >= 4 is 5.69 Å². The summed E-state index contributed by atoms with van der Waals surface area (Å²) in [7, 11) is 3.35. The minimum Gasteiger partial charge on any atom is -0.493 e. The van der Waals surface area contributed by atoms with Crippen molar-refractivity contribution in [2.24, 2.45) is 0 Å². The van der Waals surface area contributed by atoms with Gasteiger partial charge in [-0.25, -0.2) is 0 Å². The van der Waals surface area contributed by atoms with E-state index in [9.17, 15) is 0 Å². The van der Waals surface area contributed by atoms with Gasteiger partial charge in [0.1, 0.15) is 0 Å². The highest BCUT2D eigenvalue weighted by Gasteiger charge is 2.08. The Morgan fingerprint density at radius 1 is 0.857 bits per heavy atom. The molecule has 0 bridgehead atoms. The highest BCUT2D eigenvalue weighted by atomic mass is 16.5. The lowest BCUT2D eigenvalue weighted by atomic mass is 10.1. The molecule has 0 unspecified atom stereocenters. The molecular weight excluding hydrogens is 262 g/mol. The number of hydrogen-bond acceptors (Lipinski definition) is 3. The van der Waals surface area contributed by atoms with Crippen LogP contribution in [-0.4, -0.2) is 20.8 Å². The molecule has 0 saturated heterocycles. The van der Waals surface area contributed by atoms with Gasteiger partial charge in [0.2, 0.25) is 0 Å². The molecule has 3 nitrogen and oxygen atoms in total. The van der Waals surface area contributed by atoms with Crippen molar-refractivity contribution in [2.45, 2.75) is 58.3 Å². The van der Waals surface area contributed by atoms with Gasteiger partial charge in [-0.3, -0.25) is 0 Å². The molecule has 0 saturated carbocycles. The lowest BCUT2D eigenvalue weighted by Gasteiger charge is -2.14. The molecule has 0 aliphatic heterocycles. The first-order valence-electron chi connectivity index (χ1n) is 8.28. The second-order valence-electron chi connectivity index (χ2n) is 5.44. The van der Waals surface area contributed by atoms with Gasteiger partial charge in [0.25, 0.3) is 0 Å². The standard InChI is InChI=1S/C18H31NO2/c1-4-5-6-7-8-9-10-11-15-19-16-13-12-14-17(20-2)18(16)21-3/h12-14,19H,4-11,15H2,1-3H3. The fourth-order valence-corrected chi connectivity index (χ4v) is 2.51. The third kappa shape index (κ3) is 6.74. The normalized spacial score (nSPS) is 10.4. The maximum atomic E-state index is 5.41. The van der Waals surface area contributed by atoms with Crippen LogP contribution < -0.4 is 14.8 Å². The van der Waals surface area contributed by atoms with E-state index in [2.05, 4.69) is 12.2 Å². The first kappa shape index (κ1) is 17.7. The van der Waals surface area contributed by atoms with Crippen LogP contribution >= 0.6 is 0 Å². The van der Waals surface area contributed by atoms with Crippen molar-refractivity contribution in [3.63, 3.8) is 0 Å². The molecule has 0 heterocycles. The van der Waals surface area contributed by atoms with Crippen LogP contribution in [0.2, 0.25) is 0 Å². The van der Waals surface area contributed by atoms with Gasteiger partial charge < -0.3 is 14.8 Å². The van der Waals surface area contributed by atoms with Gasteiger partial charge in [0.15, 0.2) is 11.5 Å². The molecular formula is C18H31NO2. The Kier molecular flexibility index (Phi) is 9.51. The SMILES string of the molecule is CCCCCCCCCCNc1cccc(OC)c1OC. The van der Waals surface area contributed by atoms with Crippen LogP contribution in [0.3, 0.4) is 0 Å². The van der Waals surface area contributed by atoms with E-state index in [0.29, 0.717) is 0 Å². The lowest BCUT2D eigenvalue weighted by molar-refractivity contribution is 0.356. The molecule has 0 aliphatic rings. The first-order valence-corrected chi connectivity index (χ1v) is 8.28. The Labute approximate surface area is 130 Å². The van der Waals surface area contributed by atoms with E-state index in [1.165, 1.54) is 51.4 Å². The van der Waals surface area contributed by atoms with E-state index in [0.717, 1.165) is 23.7 Å². The molecule has 0 fully saturated rings. The van der Waals surface area contributed by atoms with Gasteiger partial charge in [0.05, 0.1) is 19.9 Å². The Hall–Kier alpha value is -1.38. The highest BCUT2D eigenvalue weighted by Crippen LogP contribution is 2.34. The predicted molar refractivity (Wildman–Crippen MR) is 90.6 cm³/mol. The maximum Gasteiger partial charge on any atom is 0.183 e. The highest BCUT2D eigenvalue weighted by molar-refractivity contribution is 5.63. The average Bonchev–Trinajstić information content (AvgIpc) is 2.52. The van der Waals surface area contributed by atoms with Gasteiger partial charge in [-0.1, -0.05) is 57.9 Å². The number of hydrogen-bond donors (Lipinski definition) is 1. The fourth-order valence-electron chi connectivity index (χ4n) is 2.51. The van der Waals surface area contributed by atoms with Gasteiger partial charge in [-0.2, -0.15) is 0 Å². The van der Waals surface area contributed by atoms with Crippen LogP contribution in [0, 0.1) is 0 Å². The molecule has 1 N–H and O–H groups in total. The number of benzene rings is 1. The minimum absolute atomic E-state index is 0.776. The summed E-state index contributed by atoms with van der Waals surface area (Å²) < 4.78 is 10.7. The molecule has 0 amide bonds. The number of unbranched alkanes of at least 4 members (excludes halogenated alkanes) is 7. The van der Waals surface area contributed by atoms with Crippen molar-refractivity contribution in [3.05, 3.63) is 18.2 Å². The van der Waals surface area contributed by atoms with Crippen molar-refractivity contribution < 1.29 is 9.47 Å². The summed E-state index contributed by atoms with van der Waals surface area (Å²) in [5, 5.41) is 3.45. The smallest absolute Gasteiger partial charge is 0.183 e. The predicted octanol–water partition coefficient (Wildman–Crippen LogP) is 5.26. The zero-order valence-corrected chi connectivity index (χ0v) is 13.9. The van der Waals surface area contributed by atoms with E-state index in [4.69, 9.17) is 9.47 Å². The van der Waals surface area contributed by atoms with E-state index in [-0.39, 0.29) is 0 Å². The Bertz CT molecular complexity index is 379. The topological polar surface area (TPSA) is 30.5 Å². The van der Waals surface area contributed by atoms with Gasteiger partial charge >= 0.3 is 0 Å². The van der Waals surface area contributed by atoms with Crippen LogP contribution in [0.25, 0.3) is 0 Å². The summed E-state index contributed by atoms with van der Waals surface area (Å²) in [6.07, 6.45) is 10.7. The molecule has 0 atom stereocenters. The molecule has 1 rings (SSSR count). The zero-order valence-electron chi connectivity index (χ0n) is 13.9. The molecule has 0 spiro atoms. The molecule has 0 aromatic heterocycles. The van der Waals surface area contributed by atoms with Gasteiger partial charge in [-0.05, 0) is 18.6 Å². The summed E-state index contributed by atoms with van der Waals surface area (Å²) >= 11 is 0. The quantitative estimate of drug-likeness (QED) is 0.533. The third-order valence-electron chi connectivity index (χ3n) is 3.75. The lowest BCUT2D eigenvalue weighted by Crippen LogP contribution is -2.04. The van der Waals surface area contributed by atoms with Crippen molar-refractivity contribution in [2.75, 3.05) is 26.1 Å². The van der Waals surface area contributed by atoms with Crippen LogP contribution in [0.5, 0.6) is 11.5 Å². The number of methoxy groups -OCH3 is 2. The minimum atomic E-state index is 0.776. The molecule has 1 aromatic rings. The largest absolute Gasteiger partial charge is 0.493 e. The Balaban J connectivity index is 2.18. The maximum absolute atomic E-state index is 5.41. The molecule has 0 radical (unpaired) electrons. The second-order valence-corrected chi connectivity index (χ2v) is 5.44. The van der Waals surface area contributed by atoms with Crippen LogP contribution in [0.1, 0.15) is 58.3 Å². The number of para-hydroxylation sites is 1. The van der Waals surface area contributed by atoms with Crippen molar-refractivity contribution in [1.82, 2.24) is 0 Å². The van der Waals surface area contributed by atoms with Crippen molar-refractivity contribution in [1.29, 1.82) is 0 Å². The monoisotopic (exact) mass is 293 g/mol. The average molecular weight is 293 g/mol. The third-order valence-corrected chi connectivity index (χ3v) is 3.75. The van der Waals surface area contributed by atoms with Crippen LogP contribution in [0.15, 0.2) is 18.2 Å². The molecule has 3 heteroatoms. The van der Waals surface area contributed by atoms with Gasteiger partial charge in [0, 0.05) is 6.54 Å². The summed E-state index contributed by atoms with van der Waals surface area (Å²) in [5.74, 6) is 1.57. The number of ether oxygens (including phenoxy) is 2. The molecule has 1 aromatic carbocycles. The Morgan fingerprint density at radius 3 is 2.14 bits per heavy atom. The van der Waals surface area contributed by atoms with Gasteiger partial charge in [-0.15, -0.1) is 0 Å². The molecule has 0 aliphatic carbocycles. The number of anilines is 1. The fraction of sp³-hybridized carbons (Fsp3) is 0.667. The second kappa shape index (κ2) is 11.3. The summed E-state index contributed by atoms with van der Waals surface area (Å²) in [6, 6.07) is 5.93. The molecule has 120 valence electrons. The van der Waals surface area contributed by atoms with Crippen LogP contribution in [-0.2, 0) is 0 Å². The number of nitrogens with one attached hydrogen (secondary N) is 1. The number of rotatable bonds is 12. The zero-order chi connectivity index (χ0) is 15.3. The first-order chi connectivity index (χ1) is 10.3. The molecule has 21 heavy (non-hydrogen) atoms. The van der Waals surface area contributed by atoms with E-state index >= 15 is 0 Å². The van der Waals surface area contributed by atoms with E-state index in [1.54, 1.807) is 14.2 Å². The van der Waals surface area contributed by atoms with Crippen molar-refractivity contribution in [3.8, 4) is 11.5 Å².